The molecule has 0 fully saturated rings. The van der Waals surface area contributed by atoms with Gasteiger partial charge in [-0.2, -0.15) is 0 Å². The molecule has 19 heavy (non-hydrogen) atoms. The van der Waals surface area contributed by atoms with Crippen LogP contribution in [0.1, 0.15) is 32.3 Å². The maximum absolute atomic E-state index is 10.9. The first-order chi connectivity index (χ1) is 9.08. The minimum atomic E-state index is -2.17. The summed E-state index contributed by atoms with van der Waals surface area (Å²) in [6.45, 7) is 2.68. The summed E-state index contributed by atoms with van der Waals surface area (Å²) in [5.74, 6) is -0.748. The average Bonchev–Trinajstić information content (AvgIpc) is 2.34. The number of hydrogen-bond acceptors (Lipinski definition) is 4. The minimum Gasteiger partial charge on any atom is -0.487 e. The van der Waals surface area contributed by atoms with Gasteiger partial charge in [-0.15, -0.1) is 0 Å². The fourth-order valence-electron chi connectivity index (χ4n) is 1.80. The highest BCUT2D eigenvalue weighted by atomic mass is 28.3. The molecule has 104 valence electrons. The van der Waals surface area contributed by atoms with Crippen LogP contribution in [-0.4, -0.2) is 21.2 Å². The Morgan fingerprint density at radius 3 is 2.11 bits per heavy atom. The van der Waals surface area contributed by atoms with Gasteiger partial charge < -0.3 is 8.85 Å². The number of hydrogen-bond donors (Lipinski definition) is 0. The van der Waals surface area contributed by atoms with Crippen LogP contribution in [0.4, 0.5) is 0 Å². The Labute approximate surface area is 115 Å². The maximum Gasteiger partial charge on any atom is 0.448 e. The van der Waals surface area contributed by atoms with Crippen molar-refractivity contribution < 1.29 is 18.4 Å². The summed E-state index contributed by atoms with van der Waals surface area (Å²) >= 11 is 0. The summed E-state index contributed by atoms with van der Waals surface area (Å²) in [7, 11) is -2.17. The number of unbranched alkanes of at least 4 members (excludes halogenated alkanes) is 1. The van der Waals surface area contributed by atoms with Crippen LogP contribution in [0, 0.1) is 0 Å². The molecule has 0 radical (unpaired) electrons. The van der Waals surface area contributed by atoms with Crippen molar-refractivity contribution in [1.82, 2.24) is 0 Å². The Bertz CT molecular complexity index is 389. The van der Waals surface area contributed by atoms with E-state index in [2.05, 4.69) is 12.1 Å². The number of benzene rings is 1. The molecule has 0 spiro atoms. The molecule has 0 unspecified atom stereocenters. The van der Waals surface area contributed by atoms with Crippen LogP contribution in [0.25, 0.3) is 0 Å². The van der Waals surface area contributed by atoms with Gasteiger partial charge in [-0.05, 0) is 24.8 Å². The van der Waals surface area contributed by atoms with Crippen molar-refractivity contribution in [2.75, 3.05) is 0 Å². The van der Waals surface area contributed by atoms with E-state index >= 15 is 0 Å². The predicted octanol–water partition coefficient (Wildman–Crippen LogP) is 2.36. The molecule has 0 saturated heterocycles. The molecule has 0 N–H and O–H groups in total. The minimum absolute atomic E-state index is 0.374. The van der Waals surface area contributed by atoms with Crippen molar-refractivity contribution in [1.29, 1.82) is 0 Å². The monoisotopic (exact) mass is 280 g/mol. The van der Waals surface area contributed by atoms with E-state index in [1.165, 1.54) is 19.4 Å². The molecule has 4 nitrogen and oxygen atoms in total. The quantitative estimate of drug-likeness (QED) is 0.568. The molecule has 0 saturated carbocycles. The molecular formula is C14H20O4Si. The Hall–Kier alpha value is -1.62. The van der Waals surface area contributed by atoms with E-state index < -0.39 is 9.28 Å². The summed E-state index contributed by atoms with van der Waals surface area (Å²) in [6.07, 6.45) is 2.88. The van der Waals surface area contributed by atoms with E-state index in [1.54, 1.807) is 0 Å². The topological polar surface area (TPSA) is 52.6 Å². The largest absolute Gasteiger partial charge is 0.487 e. The van der Waals surface area contributed by atoms with Gasteiger partial charge in [0.1, 0.15) is 0 Å². The fourth-order valence-corrected chi connectivity index (χ4v) is 3.44. The lowest BCUT2D eigenvalue weighted by Gasteiger charge is -2.14. The van der Waals surface area contributed by atoms with Crippen molar-refractivity contribution >= 4 is 21.2 Å². The summed E-state index contributed by atoms with van der Waals surface area (Å²) in [5, 5.41) is 0. The Morgan fingerprint density at radius 2 is 1.58 bits per heavy atom. The Balaban J connectivity index is 2.27. The van der Waals surface area contributed by atoms with Crippen LogP contribution in [0.15, 0.2) is 30.3 Å². The van der Waals surface area contributed by atoms with Gasteiger partial charge in [-0.1, -0.05) is 30.3 Å². The molecule has 0 aliphatic rings. The van der Waals surface area contributed by atoms with Gasteiger partial charge in [0.25, 0.3) is 11.9 Å². The summed E-state index contributed by atoms with van der Waals surface area (Å²) in [4.78, 5) is 21.8. The van der Waals surface area contributed by atoms with E-state index in [9.17, 15) is 9.59 Å². The lowest BCUT2D eigenvalue weighted by atomic mass is 10.1. The second kappa shape index (κ2) is 8.47. The lowest BCUT2D eigenvalue weighted by molar-refractivity contribution is -0.137. The first-order valence-electron chi connectivity index (χ1n) is 6.46. The first kappa shape index (κ1) is 15.4. The van der Waals surface area contributed by atoms with Crippen molar-refractivity contribution in [2.45, 2.75) is 39.2 Å². The van der Waals surface area contributed by atoms with E-state index in [0.717, 1.165) is 19.3 Å². The second-order valence-electron chi connectivity index (χ2n) is 4.38. The van der Waals surface area contributed by atoms with Crippen molar-refractivity contribution in [3.8, 4) is 0 Å². The van der Waals surface area contributed by atoms with Crippen LogP contribution < -0.4 is 0 Å². The molecule has 0 bridgehead atoms. The third-order valence-electron chi connectivity index (χ3n) is 2.59. The normalized spacial score (nSPS) is 10.3. The molecule has 0 aliphatic heterocycles. The average molecular weight is 280 g/mol. The van der Waals surface area contributed by atoms with Crippen LogP contribution in [-0.2, 0) is 24.9 Å². The van der Waals surface area contributed by atoms with Gasteiger partial charge in [-0.3, -0.25) is 9.59 Å². The van der Waals surface area contributed by atoms with Crippen LogP contribution in [0.5, 0.6) is 0 Å². The predicted molar refractivity (Wildman–Crippen MR) is 74.9 cm³/mol. The summed E-state index contributed by atoms with van der Waals surface area (Å²) < 4.78 is 10.1. The van der Waals surface area contributed by atoms with Crippen molar-refractivity contribution in [3.63, 3.8) is 0 Å². The second-order valence-corrected chi connectivity index (χ2v) is 6.29. The first-order valence-corrected chi connectivity index (χ1v) is 8.22. The zero-order valence-electron chi connectivity index (χ0n) is 11.4. The molecule has 0 aliphatic carbocycles. The number of rotatable bonds is 7. The standard InChI is InChI=1S/C14H20O4Si/c1-12(15)17-19(18-13(2)16)11-7-6-10-14-8-4-3-5-9-14/h3-5,8-9,19H,6-7,10-11H2,1-2H3. The molecule has 1 aromatic carbocycles. The van der Waals surface area contributed by atoms with Gasteiger partial charge in [0, 0.05) is 19.9 Å². The highest BCUT2D eigenvalue weighted by molar-refractivity contribution is 6.48. The lowest BCUT2D eigenvalue weighted by Crippen LogP contribution is -2.27. The van der Waals surface area contributed by atoms with Crippen molar-refractivity contribution in [3.05, 3.63) is 35.9 Å². The molecular weight excluding hydrogens is 260 g/mol. The molecule has 5 heteroatoms. The highest BCUT2D eigenvalue weighted by Gasteiger charge is 2.19. The number of carbonyl (C=O) groups is 2. The smallest absolute Gasteiger partial charge is 0.448 e. The van der Waals surface area contributed by atoms with Gasteiger partial charge in [0.15, 0.2) is 0 Å². The van der Waals surface area contributed by atoms with E-state index in [0.29, 0.717) is 6.04 Å². The fraction of sp³-hybridized carbons (Fsp3) is 0.429. The van der Waals surface area contributed by atoms with Crippen LogP contribution in [0.2, 0.25) is 6.04 Å². The molecule has 0 amide bonds. The van der Waals surface area contributed by atoms with E-state index in [4.69, 9.17) is 8.85 Å². The maximum atomic E-state index is 10.9. The van der Waals surface area contributed by atoms with Gasteiger partial charge >= 0.3 is 9.28 Å². The van der Waals surface area contributed by atoms with Crippen LogP contribution in [0.3, 0.4) is 0 Å². The molecule has 0 heterocycles. The van der Waals surface area contributed by atoms with E-state index in [-0.39, 0.29) is 11.9 Å². The third-order valence-corrected chi connectivity index (χ3v) is 4.66. The highest BCUT2D eigenvalue weighted by Crippen LogP contribution is 2.10. The van der Waals surface area contributed by atoms with Crippen molar-refractivity contribution in [2.24, 2.45) is 0 Å². The molecule has 1 aromatic rings. The Morgan fingerprint density at radius 1 is 1.00 bits per heavy atom. The molecule has 0 aromatic heterocycles. The zero-order chi connectivity index (χ0) is 14.1. The van der Waals surface area contributed by atoms with Gasteiger partial charge in [-0.25, -0.2) is 0 Å². The Kier molecular flexibility index (Phi) is 6.88. The summed E-state index contributed by atoms with van der Waals surface area (Å²) in [6, 6.07) is 10.9. The zero-order valence-corrected chi connectivity index (χ0v) is 12.6. The van der Waals surface area contributed by atoms with E-state index in [1.807, 2.05) is 18.2 Å². The third kappa shape index (κ3) is 7.41. The van der Waals surface area contributed by atoms with Gasteiger partial charge in [0.2, 0.25) is 0 Å². The molecule has 0 atom stereocenters. The van der Waals surface area contributed by atoms with Crippen LogP contribution >= 0.6 is 0 Å². The SMILES string of the molecule is CC(=O)O[SiH](CCCCc1ccccc1)OC(C)=O. The molecule has 1 rings (SSSR count). The van der Waals surface area contributed by atoms with Gasteiger partial charge in [0.05, 0.1) is 0 Å². The number of carbonyl (C=O) groups excluding carboxylic acids is 2. The number of aryl methyl sites for hydroxylation is 1. The summed E-state index contributed by atoms with van der Waals surface area (Å²) in [5.41, 5.74) is 1.29.